The second-order valence-electron chi connectivity index (χ2n) is 5.02. The number of pyridine rings is 1. The standard InChI is InChI=1S/C16H18ClFN2O/c1-11(2)19-9-12-4-3-5-13(20-12)10-21-14-6-7-16(18)15(17)8-14/h3-8,11,19H,9-10H2,1-2H3. The zero-order valence-corrected chi connectivity index (χ0v) is 12.8. The molecule has 2 aromatic rings. The van der Waals surface area contributed by atoms with Crippen molar-refractivity contribution < 1.29 is 9.13 Å². The van der Waals surface area contributed by atoms with Crippen molar-refractivity contribution in [2.75, 3.05) is 0 Å². The molecule has 0 spiro atoms. The predicted molar refractivity (Wildman–Crippen MR) is 82.0 cm³/mol. The fraction of sp³-hybridized carbons (Fsp3) is 0.312. The van der Waals surface area contributed by atoms with E-state index >= 15 is 0 Å². The lowest BCUT2D eigenvalue weighted by molar-refractivity contribution is 0.300. The molecule has 1 aromatic heterocycles. The maximum Gasteiger partial charge on any atom is 0.142 e. The Bertz CT molecular complexity index is 605. The van der Waals surface area contributed by atoms with Crippen LogP contribution in [-0.4, -0.2) is 11.0 Å². The number of aromatic nitrogens is 1. The lowest BCUT2D eigenvalue weighted by atomic mass is 10.3. The van der Waals surface area contributed by atoms with Crippen molar-refractivity contribution in [3.05, 3.63) is 58.6 Å². The fourth-order valence-electron chi connectivity index (χ4n) is 1.74. The van der Waals surface area contributed by atoms with Crippen molar-refractivity contribution in [1.82, 2.24) is 10.3 Å². The van der Waals surface area contributed by atoms with E-state index in [1.54, 1.807) is 6.07 Å². The number of benzene rings is 1. The van der Waals surface area contributed by atoms with Gasteiger partial charge in [0.2, 0.25) is 0 Å². The normalized spacial score (nSPS) is 10.9. The quantitative estimate of drug-likeness (QED) is 0.877. The van der Waals surface area contributed by atoms with E-state index in [0.717, 1.165) is 11.4 Å². The molecule has 0 atom stereocenters. The minimum atomic E-state index is -0.455. The Morgan fingerprint density at radius 2 is 2.00 bits per heavy atom. The molecule has 1 N–H and O–H groups in total. The summed E-state index contributed by atoms with van der Waals surface area (Å²) in [6.45, 7) is 5.21. The number of nitrogens with zero attached hydrogens (tertiary/aromatic N) is 1. The van der Waals surface area contributed by atoms with Gasteiger partial charge in [0.25, 0.3) is 0 Å². The molecule has 21 heavy (non-hydrogen) atoms. The third kappa shape index (κ3) is 4.99. The molecule has 0 fully saturated rings. The highest BCUT2D eigenvalue weighted by Crippen LogP contribution is 2.21. The first-order valence-electron chi connectivity index (χ1n) is 6.80. The average Bonchev–Trinajstić information content (AvgIpc) is 2.47. The van der Waals surface area contributed by atoms with Gasteiger partial charge in [0.1, 0.15) is 18.2 Å². The zero-order valence-electron chi connectivity index (χ0n) is 12.1. The van der Waals surface area contributed by atoms with Crippen LogP contribution >= 0.6 is 11.6 Å². The van der Waals surface area contributed by atoms with E-state index in [1.807, 2.05) is 18.2 Å². The second kappa shape index (κ2) is 7.38. The van der Waals surface area contributed by atoms with Gasteiger partial charge in [-0.3, -0.25) is 4.98 Å². The topological polar surface area (TPSA) is 34.1 Å². The molecule has 5 heteroatoms. The number of hydrogen-bond donors (Lipinski definition) is 1. The molecule has 0 aliphatic rings. The highest BCUT2D eigenvalue weighted by Gasteiger charge is 2.04. The lowest BCUT2D eigenvalue weighted by Crippen LogP contribution is -2.22. The largest absolute Gasteiger partial charge is 0.487 e. The summed E-state index contributed by atoms with van der Waals surface area (Å²) in [4.78, 5) is 4.51. The molecule has 3 nitrogen and oxygen atoms in total. The van der Waals surface area contributed by atoms with Gasteiger partial charge in [-0.2, -0.15) is 0 Å². The molecule has 1 heterocycles. The Morgan fingerprint density at radius 3 is 2.71 bits per heavy atom. The first-order valence-corrected chi connectivity index (χ1v) is 7.18. The van der Waals surface area contributed by atoms with Crippen molar-refractivity contribution in [1.29, 1.82) is 0 Å². The minimum absolute atomic E-state index is 0.0512. The summed E-state index contributed by atoms with van der Waals surface area (Å²) in [5.74, 6) is 0.0674. The van der Waals surface area contributed by atoms with Crippen LogP contribution in [0.3, 0.4) is 0 Å². The van der Waals surface area contributed by atoms with Crippen molar-refractivity contribution in [2.45, 2.75) is 33.0 Å². The van der Waals surface area contributed by atoms with Gasteiger partial charge >= 0.3 is 0 Å². The van der Waals surface area contributed by atoms with E-state index in [4.69, 9.17) is 16.3 Å². The molecule has 0 aliphatic carbocycles. The summed E-state index contributed by atoms with van der Waals surface area (Å²) in [5, 5.41) is 3.37. The number of nitrogens with one attached hydrogen (secondary N) is 1. The maximum atomic E-state index is 13.1. The maximum absolute atomic E-state index is 13.1. The van der Waals surface area contributed by atoms with Gasteiger partial charge in [-0.25, -0.2) is 4.39 Å². The van der Waals surface area contributed by atoms with Crippen LogP contribution in [0.5, 0.6) is 5.75 Å². The van der Waals surface area contributed by atoms with Crippen LogP contribution in [0, 0.1) is 5.82 Å². The van der Waals surface area contributed by atoms with Crippen LogP contribution in [0.15, 0.2) is 36.4 Å². The van der Waals surface area contributed by atoms with Gasteiger partial charge in [-0.05, 0) is 24.3 Å². The molecule has 1 aromatic carbocycles. The Balaban J connectivity index is 1.96. The van der Waals surface area contributed by atoms with Crippen molar-refractivity contribution in [3.8, 4) is 5.75 Å². The fourth-order valence-corrected chi connectivity index (χ4v) is 1.91. The Hall–Kier alpha value is -1.65. The van der Waals surface area contributed by atoms with Gasteiger partial charge in [0.15, 0.2) is 0 Å². The number of ether oxygens (including phenoxy) is 1. The van der Waals surface area contributed by atoms with Crippen LogP contribution in [0.1, 0.15) is 25.2 Å². The highest BCUT2D eigenvalue weighted by molar-refractivity contribution is 6.30. The van der Waals surface area contributed by atoms with Crippen LogP contribution in [0.2, 0.25) is 5.02 Å². The van der Waals surface area contributed by atoms with Gasteiger partial charge < -0.3 is 10.1 Å². The molecular formula is C16H18ClFN2O. The third-order valence-corrected chi connectivity index (χ3v) is 3.12. The molecule has 0 unspecified atom stereocenters. The van der Waals surface area contributed by atoms with Crippen LogP contribution in [0.25, 0.3) is 0 Å². The van der Waals surface area contributed by atoms with Gasteiger partial charge in [-0.15, -0.1) is 0 Å². The molecule has 0 bridgehead atoms. The number of rotatable bonds is 6. The average molecular weight is 309 g/mol. The summed E-state index contributed by atoms with van der Waals surface area (Å²) in [6.07, 6.45) is 0. The molecule has 0 radical (unpaired) electrons. The Morgan fingerprint density at radius 1 is 1.24 bits per heavy atom. The summed E-state index contributed by atoms with van der Waals surface area (Å²) >= 11 is 5.71. The third-order valence-electron chi connectivity index (χ3n) is 2.83. The van der Waals surface area contributed by atoms with Gasteiger partial charge in [-0.1, -0.05) is 31.5 Å². The lowest BCUT2D eigenvalue weighted by Gasteiger charge is -2.10. The second-order valence-corrected chi connectivity index (χ2v) is 5.43. The first-order chi connectivity index (χ1) is 10.0. The van der Waals surface area contributed by atoms with Crippen LogP contribution < -0.4 is 10.1 Å². The van der Waals surface area contributed by atoms with E-state index in [0.29, 0.717) is 24.9 Å². The Labute approximate surface area is 129 Å². The summed E-state index contributed by atoms with van der Waals surface area (Å²) < 4.78 is 18.6. The molecule has 0 saturated carbocycles. The predicted octanol–water partition coefficient (Wildman–Crippen LogP) is 3.95. The van der Waals surface area contributed by atoms with Gasteiger partial charge in [0, 0.05) is 18.7 Å². The number of halogens is 2. The van der Waals surface area contributed by atoms with E-state index in [1.165, 1.54) is 12.1 Å². The van der Waals surface area contributed by atoms with E-state index in [-0.39, 0.29) is 5.02 Å². The van der Waals surface area contributed by atoms with Crippen molar-refractivity contribution in [2.24, 2.45) is 0 Å². The molecule has 112 valence electrons. The smallest absolute Gasteiger partial charge is 0.142 e. The van der Waals surface area contributed by atoms with Crippen molar-refractivity contribution >= 4 is 11.6 Å². The zero-order chi connectivity index (χ0) is 15.2. The SMILES string of the molecule is CC(C)NCc1cccc(COc2ccc(F)c(Cl)c2)n1. The van der Waals surface area contributed by atoms with E-state index in [9.17, 15) is 4.39 Å². The summed E-state index contributed by atoms with van der Waals surface area (Å²) in [5.41, 5.74) is 1.78. The number of hydrogen-bond acceptors (Lipinski definition) is 3. The van der Waals surface area contributed by atoms with E-state index < -0.39 is 5.82 Å². The Kier molecular flexibility index (Phi) is 5.53. The first kappa shape index (κ1) is 15.7. The molecule has 0 amide bonds. The minimum Gasteiger partial charge on any atom is -0.487 e. The van der Waals surface area contributed by atoms with E-state index in [2.05, 4.69) is 24.1 Å². The monoisotopic (exact) mass is 308 g/mol. The summed E-state index contributed by atoms with van der Waals surface area (Å²) in [6, 6.07) is 10.5. The molecular weight excluding hydrogens is 291 g/mol. The highest BCUT2D eigenvalue weighted by atomic mass is 35.5. The van der Waals surface area contributed by atoms with Crippen LogP contribution in [0.4, 0.5) is 4.39 Å². The van der Waals surface area contributed by atoms with Crippen LogP contribution in [-0.2, 0) is 13.2 Å². The van der Waals surface area contributed by atoms with Gasteiger partial charge in [0.05, 0.1) is 16.4 Å². The van der Waals surface area contributed by atoms with Crippen molar-refractivity contribution in [3.63, 3.8) is 0 Å². The summed E-state index contributed by atoms with van der Waals surface area (Å²) in [7, 11) is 0. The molecule has 0 aliphatic heterocycles. The molecule has 0 saturated heterocycles. The molecule has 2 rings (SSSR count).